The minimum Gasteiger partial charge on any atom is -0.506 e. The Morgan fingerprint density at radius 3 is 2.56 bits per heavy atom. The molecule has 0 amide bonds. The van der Waals surface area contributed by atoms with Gasteiger partial charge in [-0.3, -0.25) is 0 Å². The van der Waals surface area contributed by atoms with Gasteiger partial charge in [-0.05, 0) is 30.3 Å². The van der Waals surface area contributed by atoms with E-state index >= 15 is 0 Å². The van der Waals surface area contributed by atoms with Gasteiger partial charge < -0.3 is 10.4 Å². The molecule has 0 aliphatic carbocycles. The summed E-state index contributed by atoms with van der Waals surface area (Å²) in [4.78, 5) is 0. The van der Waals surface area contributed by atoms with Crippen molar-refractivity contribution in [2.24, 2.45) is 0 Å². The summed E-state index contributed by atoms with van der Waals surface area (Å²) in [5, 5.41) is 12.9. The van der Waals surface area contributed by atoms with Gasteiger partial charge in [0.05, 0.1) is 5.02 Å². The average molecular weight is 286 g/mol. The predicted molar refractivity (Wildman–Crippen MR) is 71.9 cm³/mol. The Hall–Kier alpha value is -1.45. The van der Waals surface area contributed by atoms with Gasteiger partial charge in [0.15, 0.2) is 0 Å². The first-order chi connectivity index (χ1) is 8.58. The molecule has 0 unspecified atom stereocenters. The number of aromatic hydroxyl groups is 1. The van der Waals surface area contributed by atoms with E-state index in [4.69, 9.17) is 23.2 Å². The van der Waals surface area contributed by atoms with Crippen molar-refractivity contribution in [2.75, 3.05) is 5.32 Å². The highest BCUT2D eigenvalue weighted by molar-refractivity contribution is 6.32. The summed E-state index contributed by atoms with van der Waals surface area (Å²) in [5.74, 6) is -0.356. The van der Waals surface area contributed by atoms with E-state index in [1.807, 2.05) is 0 Å². The van der Waals surface area contributed by atoms with E-state index in [1.54, 1.807) is 24.3 Å². The number of phenols is 1. The standard InChI is InChI=1S/C13H10Cl2FNO/c14-10-2-1-3-12(16)9(10)7-17-8-4-5-13(18)11(15)6-8/h1-6,17-18H,7H2. The van der Waals surface area contributed by atoms with Crippen molar-refractivity contribution >= 4 is 28.9 Å². The van der Waals surface area contributed by atoms with Crippen LogP contribution in [0.2, 0.25) is 10.0 Å². The van der Waals surface area contributed by atoms with Crippen LogP contribution in [0.15, 0.2) is 36.4 Å². The maximum atomic E-state index is 13.5. The molecule has 0 bridgehead atoms. The molecule has 2 N–H and O–H groups in total. The molecule has 0 atom stereocenters. The molecule has 0 spiro atoms. The third-order valence-corrected chi connectivity index (χ3v) is 3.14. The number of halogens is 3. The summed E-state index contributed by atoms with van der Waals surface area (Å²) in [6.45, 7) is 0.243. The zero-order valence-electron chi connectivity index (χ0n) is 9.25. The maximum Gasteiger partial charge on any atom is 0.134 e. The Bertz CT molecular complexity index is 555. The van der Waals surface area contributed by atoms with Crippen molar-refractivity contribution < 1.29 is 9.50 Å². The van der Waals surface area contributed by atoms with Gasteiger partial charge in [-0.1, -0.05) is 29.3 Å². The zero-order valence-corrected chi connectivity index (χ0v) is 10.8. The first-order valence-electron chi connectivity index (χ1n) is 5.23. The second-order valence-electron chi connectivity index (χ2n) is 3.72. The number of rotatable bonds is 3. The quantitative estimate of drug-likeness (QED) is 0.817. The van der Waals surface area contributed by atoms with Crippen LogP contribution in [0.5, 0.6) is 5.75 Å². The fraction of sp³-hybridized carbons (Fsp3) is 0.0769. The summed E-state index contributed by atoms with van der Waals surface area (Å²) in [7, 11) is 0. The van der Waals surface area contributed by atoms with Crippen LogP contribution in [0.4, 0.5) is 10.1 Å². The van der Waals surface area contributed by atoms with Crippen LogP contribution in [-0.4, -0.2) is 5.11 Å². The SMILES string of the molecule is Oc1ccc(NCc2c(F)cccc2Cl)cc1Cl. The highest BCUT2D eigenvalue weighted by Gasteiger charge is 2.07. The fourth-order valence-electron chi connectivity index (χ4n) is 1.51. The molecule has 18 heavy (non-hydrogen) atoms. The minimum atomic E-state index is -0.361. The van der Waals surface area contributed by atoms with E-state index in [9.17, 15) is 9.50 Å². The van der Waals surface area contributed by atoms with Gasteiger partial charge in [-0.25, -0.2) is 4.39 Å². The largest absolute Gasteiger partial charge is 0.506 e. The summed E-state index contributed by atoms with van der Waals surface area (Å²) in [5.41, 5.74) is 1.07. The lowest BCUT2D eigenvalue weighted by Gasteiger charge is -2.09. The van der Waals surface area contributed by atoms with Crippen molar-refractivity contribution in [3.63, 3.8) is 0 Å². The lowest BCUT2D eigenvalue weighted by Crippen LogP contribution is -2.02. The Morgan fingerprint density at radius 1 is 1.11 bits per heavy atom. The highest BCUT2D eigenvalue weighted by atomic mass is 35.5. The molecule has 0 heterocycles. The molecular formula is C13H10Cl2FNO. The topological polar surface area (TPSA) is 32.3 Å². The van der Waals surface area contributed by atoms with Crippen LogP contribution in [0.1, 0.15) is 5.56 Å². The van der Waals surface area contributed by atoms with Crippen LogP contribution >= 0.6 is 23.2 Å². The van der Waals surface area contributed by atoms with Gasteiger partial charge in [0.25, 0.3) is 0 Å². The van der Waals surface area contributed by atoms with Gasteiger partial charge in [0, 0.05) is 22.8 Å². The molecule has 2 aromatic carbocycles. The molecular weight excluding hydrogens is 276 g/mol. The second-order valence-corrected chi connectivity index (χ2v) is 4.53. The normalized spacial score (nSPS) is 10.4. The number of anilines is 1. The molecule has 94 valence electrons. The van der Waals surface area contributed by atoms with E-state index in [1.165, 1.54) is 12.1 Å². The molecule has 2 nitrogen and oxygen atoms in total. The van der Waals surface area contributed by atoms with E-state index in [0.717, 1.165) is 0 Å². The van der Waals surface area contributed by atoms with Gasteiger partial charge in [0.1, 0.15) is 11.6 Å². The minimum absolute atomic E-state index is 0.00569. The number of benzene rings is 2. The van der Waals surface area contributed by atoms with Crippen LogP contribution in [0.25, 0.3) is 0 Å². The smallest absolute Gasteiger partial charge is 0.134 e. The van der Waals surface area contributed by atoms with Gasteiger partial charge in [-0.15, -0.1) is 0 Å². The molecule has 2 aromatic rings. The van der Waals surface area contributed by atoms with Crippen LogP contribution in [0, 0.1) is 5.82 Å². The monoisotopic (exact) mass is 285 g/mol. The molecule has 0 saturated carbocycles. The number of phenolic OH excluding ortho intramolecular Hbond substituents is 1. The van der Waals surface area contributed by atoms with Crippen molar-refractivity contribution in [3.05, 3.63) is 57.8 Å². The van der Waals surface area contributed by atoms with E-state index in [2.05, 4.69) is 5.32 Å². The van der Waals surface area contributed by atoms with Gasteiger partial charge in [0.2, 0.25) is 0 Å². The van der Waals surface area contributed by atoms with Crippen LogP contribution in [0.3, 0.4) is 0 Å². The molecule has 0 aromatic heterocycles. The predicted octanol–water partition coefficient (Wildman–Crippen LogP) is 4.45. The number of hydrogen-bond acceptors (Lipinski definition) is 2. The third kappa shape index (κ3) is 2.86. The average Bonchev–Trinajstić information content (AvgIpc) is 2.33. The summed E-state index contributed by atoms with van der Waals surface area (Å²) in [6.07, 6.45) is 0. The van der Waals surface area contributed by atoms with Crippen molar-refractivity contribution in [2.45, 2.75) is 6.54 Å². The Labute approximate surface area is 114 Å². The molecule has 0 aliphatic rings. The Kier molecular flexibility index (Phi) is 3.94. The van der Waals surface area contributed by atoms with E-state index < -0.39 is 0 Å². The molecule has 0 radical (unpaired) electrons. The number of hydrogen-bond donors (Lipinski definition) is 2. The molecule has 2 rings (SSSR count). The van der Waals surface area contributed by atoms with E-state index in [-0.39, 0.29) is 23.1 Å². The summed E-state index contributed by atoms with van der Waals surface area (Å²) in [6, 6.07) is 9.21. The first-order valence-corrected chi connectivity index (χ1v) is 5.99. The van der Waals surface area contributed by atoms with Gasteiger partial charge in [-0.2, -0.15) is 0 Å². The maximum absolute atomic E-state index is 13.5. The fourth-order valence-corrected chi connectivity index (χ4v) is 1.92. The lowest BCUT2D eigenvalue weighted by atomic mass is 10.2. The number of nitrogens with one attached hydrogen (secondary N) is 1. The second kappa shape index (κ2) is 5.46. The van der Waals surface area contributed by atoms with Crippen LogP contribution < -0.4 is 5.32 Å². The molecule has 0 aliphatic heterocycles. The summed E-state index contributed by atoms with van der Waals surface area (Å²) >= 11 is 11.7. The van der Waals surface area contributed by atoms with E-state index in [0.29, 0.717) is 16.3 Å². The lowest BCUT2D eigenvalue weighted by molar-refractivity contribution is 0.475. The first kappa shape index (κ1) is 13.0. The zero-order chi connectivity index (χ0) is 13.1. The van der Waals surface area contributed by atoms with Crippen molar-refractivity contribution in [3.8, 4) is 5.75 Å². The Balaban J connectivity index is 2.14. The molecule has 0 saturated heterocycles. The van der Waals surface area contributed by atoms with Crippen molar-refractivity contribution in [1.82, 2.24) is 0 Å². The molecule has 0 fully saturated rings. The Morgan fingerprint density at radius 2 is 1.89 bits per heavy atom. The molecule has 5 heteroatoms. The highest BCUT2D eigenvalue weighted by Crippen LogP contribution is 2.27. The van der Waals surface area contributed by atoms with Gasteiger partial charge >= 0.3 is 0 Å². The third-order valence-electron chi connectivity index (χ3n) is 2.48. The van der Waals surface area contributed by atoms with Crippen molar-refractivity contribution in [1.29, 1.82) is 0 Å². The van der Waals surface area contributed by atoms with Crippen LogP contribution in [-0.2, 0) is 6.54 Å². The summed E-state index contributed by atoms with van der Waals surface area (Å²) < 4.78 is 13.5.